The summed E-state index contributed by atoms with van der Waals surface area (Å²) in [5.41, 5.74) is 1.65. The highest BCUT2D eigenvalue weighted by molar-refractivity contribution is 5.94. The van der Waals surface area contributed by atoms with Crippen LogP contribution in [0.3, 0.4) is 0 Å². The summed E-state index contributed by atoms with van der Waals surface area (Å²) in [4.78, 5) is 16.3. The summed E-state index contributed by atoms with van der Waals surface area (Å²) in [6.45, 7) is 0.203. The van der Waals surface area contributed by atoms with Gasteiger partial charge < -0.3 is 17.0 Å². The lowest BCUT2D eigenvalue weighted by Gasteiger charge is -2.01. The van der Waals surface area contributed by atoms with Gasteiger partial charge in [-0.3, -0.25) is 4.79 Å². The first-order valence-corrected chi connectivity index (χ1v) is 6.92. The Hall–Kier alpha value is -2.40. The van der Waals surface area contributed by atoms with Crippen molar-refractivity contribution in [1.82, 2.24) is 4.98 Å². The molecule has 3 aromatic rings. The SMILES string of the molecule is O=C(C[n+]1ccc(-c2ccccc2F)nc1)c1ccccc1.[Br-]. The van der Waals surface area contributed by atoms with E-state index in [1.165, 1.54) is 6.07 Å². The Morgan fingerprint density at radius 3 is 2.35 bits per heavy atom. The lowest BCUT2D eigenvalue weighted by molar-refractivity contribution is -0.686. The molecule has 3 nitrogen and oxygen atoms in total. The van der Waals surface area contributed by atoms with E-state index < -0.39 is 0 Å². The first kappa shape index (κ1) is 17.0. The van der Waals surface area contributed by atoms with Crippen LogP contribution in [0.1, 0.15) is 10.4 Å². The van der Waals surface area contributed by atoms with Gasteiger partial charge in [0.1, 0.15) is 5.82 Å². The maximum Gasteiger partial charge on any atom is 0.287 e. The van der Waals surface area contributed by atoms with Gasteiger partial charge in [-0.2, -0.15) is 0 Å². The Morgan fingerprint density at radius 2 is 1.70 bits per heavy atom. The van der Waals surface area contributed by atoms with Crippen LogP contribution in [0, 0.1) is 5.82 Å². The van der Waals surface area contributed by atoms with Crippen LogP contribution >= 0.6 is 0 Å². The number of aromatic nitrogens is 2. The Kier molecular flexibility index (Phi) is 5.71. The minimum absolute atomic E-state index is 0. The van der Waals surface area contributed by atoms with Gasteiger partial charge in [0.15, 0.2) is 12.2 Å². The Bertz CT molecular complexity index is 792. The van der Waals surface area contributed by atoms with Crippen molar-refractivity contribution in [1.29, 1.82) is 0 Å². The van der Waals surface area contributed by atoms with Crippen molar-refractivity contribution in [2.45, 2.75) is 6.54 Å². The molecule has 0 saturated carbocycles. The van der Waals surface area contributed by atoms with Crippen LogP contribution in [0.5, 0.6) is 0 Å². The highest BCUT2D eigenvalue weighted by atomic mass is 79.9. The van der Waals surface area contributed by atoms with Gasteiger partial charge in [0.25, 0.3) is 6.33 Å². The summed E-state index contributed by atoms with van der Waals surface area (Å²) in [5.74, 6) is -0.306. The third kappa shape index (κ3) is 4.07. The molecule has 0 saturated heterocycles. The third-order valence-corrected chi connectivity index (χ3v) is 3.34. The summed E-state index contributed by atoms with van der Waals surface area (Å²) in [6.07, 6.45) is 3.28. The van der Waals surface area contributed by atoms with Crippen LogP contribution in [-0.2, 0) is 6.54 Å². The topological polar surface area (TPSA) is 33.8 Å². The van der Waals surface area contributed by atoms with Crippen molar-refractivity contribution in [3.63, 3.8) is 0 Å². The van der Waals surface area contributed by atoms with E-state index in [1.54, 1.807) is 53.5 Å². The van der Waals surface area contributed by atoms with Gasteiger partial charge >= 0.3 is 0 Å². The van der Waals surface area contributed by atoms with Crippen molar-refractivity contribution in [2.75, 3.05) is 0 Å². The first-order chi connectivity index (χ1) is 10.7. The van der Waals surface area contributed by atoms with Gasteiger partial charge in [-0.05, 0) is 17.1 Å². The minimum Gasteiger partial charge on any atom is -1.00 e. The molecule has 0 aliphatic heterocycles. The van der Waals surface area contributed by atoms with E-state index in [-0.39, 0.29) is 35.1 Å². The van der Waals surface area contributed by atoms with Crippen LogP contribution in [-0.4, -0.2) is 10.8 Å². The molecule has 2 aromatic carbocycles. The van der Waals surface area contributed by atoms with Crippen molar-refractivity contribution in [2.24, 2.45) is 0 Å². The van der Waals surface area contributed by atoms with Gasteiger partial charge in [0.05, 0.1) is 11.8 Å². The van der Waals surface area contributed by atoms with E-state index in [0.29, 0.717) is 16.8 Å². The monoisotopic (exact) mass is 372 g/mol. The lowest BCUT2D eigenvalue weighted by atomic mass is 10.1. The van der Waals surface area contributed by atoms with Crippen molar-refractivity contribution in [3.05, 3.63) is 84.6 Å². The molecule has 0 spiro atoms. The van der Waals surface area contributed by atoms with Crippen LogP contribution in [0.25, 0.3) is 11.3 Å². The maximum atomic E-state index is 13.7. The Balaban J connectivity index is 0.00000192. The second-order valence-electron chi connectivity index (χ2n) is 4.89. The zero-order valence-electron chi connectivity index (χ0n) is 12.2. The van der Waals surface area contributed by atoms with E-state index in [1.807, 2.05) is 18.2 Å². The average molecular weight is 373 g/mol. The molecule has 23 heavy (non-hydrogen) atoms. The zero-order chi connectivity index (χ0) is 15.4. The molecule has 0 aliphatic rings. The number of carbonyl (C=O) groups is 1. The summed E-state index contributed by atoms with van der Waals surface area (Å²) in [7, 11) is 0. The molecule has 0 radical (unpaired) electrons. The fourth-order valence-electron chi connectivity index (χ4n) is 2.19. The minimum atomic E-state index is -0.312. The molecule has 0 fully saturated rings. The molecule has 1 aromatic heterocycles. The predicted molar refractivity (Wildman–Crippen MR) is 80.6 cm³/mol. The third-order valence-electron chi connectivity index (χ3n) is 3.34. The van der Waals surface area contributed by atoms with Crippen molar-refractivity contribution < 1.29 is 30.7 Å². The van der Waals surface area contributed by atoms with Gasteiger partial charge in [-0.1, -0.05) is 42.5 Å². The van der Waals surface area contributed by atoms with E-state index in [0.717, 1.165) is 0 Å². The van der Waals surface area contributed by atoms with Crippen LogP contribution in [0.15, 0.2) is 73.2 Å². The second kappa shape index (κ2) is 7.74. The fourth-order valence-corrected chi connectivity index (χ4v) is 2.19. The van der Waals surface area contributed by atoms with Crippen molar-refractivity contribution >= 4 is 5.78 Å². The number of ketones is 1. The number of benzene rings is 2. The number of carbonyl (C=O) groups excluding carboxylic acids is 1. The Morgan fingerprint density at radius 1 is 1.00 bits per heavy atom. The lowest BCUT2D eigenvalue weighted by Crippen LogP contribution is -3.00. The molecule has 3 rings (SSSR count). The molecule has 1 heterocycles. The smallest absolute Gasteiger partial charge is 0.287 e. The molecular weight excluding hydrogens is 359 g/mol. The number of halogens is 2. The molecule has 0 N–H and O–H groups in total. The fraction of sp³-hybridized carbons (Fsp3) is 0.0556. The first-order valence-electron chi connectivity index (χ1n) is 6.92. The maximum absolute atomic E-state index is 13.7. The molecule has 0 unspecified atom stereocenters. The van der Waals surface area contributed by atoms with Gasteiger partial charge in [0.2, 0.25) is 5.78 Å². The van der Waals surface area contributed by atoms with E-state index in [2.05, 4.69) is 4.98 Å². The number of nitrogens with zero attached hydrogens (tertiary/aromatic N) is 2. The summed E-state index contributed by atoms with van der Waals surface area (Å²) in [6, 6.07) is 17.3. The van der Waals surface area contributed by atoms with Crippen LogP contribution in [0.2, 0.25) is 0 Å². The molecule has 0 atom stereocenters. The number of Topliss-reactive ketones (excluding diaryl/α,β-unsaturated/α-hetero) is 1. The standard InChI is InChI=1S/C18H14FN2O.BrH/c19-16-9-5-4-8-15(16)17-10-11-21(13-20-17)12-18(22)14-6-2-1-3-7-14;/h1-11,13H,12H2;1H/q+1;/p-1. The quantitative estimate of drug-likeness (QED) is 0.479. The highest BCUT2D eigenvalue weighted by Crippen LogP contribution is 2.18. The normalized spacial score (nSPS) is 9.96. The molecule has 116 valence electrons. The van der Waals surface area contributed by atoms with Crippen molar-refractivity contribution in [3.8, 4) is 11.3 Å². The molecule has 5 heteroatoms. The molecule has 0 amide bonds. The Labute approximate surface area is 144 Å². The highest BCUT2D eigenvalue weighted by Gasteiger charge is 2.13. The summed E-state index contributed by atoms with van der Waals surface area (Å²) < 4.78 is 15.4. The molecule has 0 aliphatic carbocycles. The average Bonchev–Trinajstić information content (AvgIpc) is 2.57. The number of rotatable bonds is 4. The van der Waals surface area contributed by atoms with Gasteiger partial charge in [0, 0.05) is 11.6 Å². The predicted octanol–water partition coefficient (Wildman–Crippen LogP) is 0.0621. The summed E-state index contributed by atoms with van der Waals surface area (Å²) >= 11 is 0. The van der Waals surface area contributed by atoms with Gasteiger partial charge in [-0.25, -0.2) is 8.96 Å². The molecule has 0 bridgehead atoms. The summed E-state index contributed by atoms with van der Waals surface area (Å²) in [5, 5.41) is 0. The van der Waals surface area contributed by atoms with E-state index in [4.69, 9.17) is 0 Å². The van der Waals surface area contributed by atoms with E-state index in [9.17, 15) is 9.18 Å². The number of hydrogen-bond donors (Lipinski definition) is 0. The number of hydrogen-bond acceptors (Lipinski definition) is 2. The van der Waals surface area contributed by atoms with Crippen LogP contribution in [0.4, 0.5) is 4.39 Å². The molecular formula is C18H14BrFN2O. The van der Waals surface area contributed by atoms with Gasteiger partial charge in [-0.15, -0.1) is 0 Å². The van der Waals surface area contributed by atoms with E-state index >= 15 is 0 Å². The largest absolute Gasteiger partial charge is 1.00 e. The van der Waals surface area contributed by atoms with Crippen LogP contribution < -0.4 is 21.5 Å². The zero-order valence-corrected chi connectivity index (χ0v) is 13.8. The second-order valence-corrected chi connectivity index (χ2v) is 4.89.